The van der Waals surface area contributed by atoms with Crippen molar-refractivity contribution in [3.8, 4) is 16.8 Å². The molecule has 1 aliphatic rings. The Morgan fingerprint density at radius 2 is 1.10 bits per heavy atom. The second kappa shape index (κ2) is 12.8. The maximum absolute atomic E-state index is 6.89. The van der Waals surface area contributed by atoms with Crippen LogP contribution in [-0.2, 0) is 0 Å². The molecule has 0 aliphatic carbocycles. The summed E-state index contributed by atoms with van der Waals surface area (Å²) in [5.41, 5.74) is 16.6. The summed E-state index contributed by atoms with van der Waals surface area (Å²) < 4.78 is 15.8. The molecule has 5 nitrogen and oxygen atoms in total. The van der Waals surface area contributed by atoms with E-state index >= 15 is 0 Å². The first-order valence-electron chi connectivity index (χ1n) is 19.4. The summed E-state index contributed by atoms with van der Waals surface area (Å²) in [5.74, 6) is 0.615. The predicted octanol–water partition coefficient (Wildman–Crippen LogP) is 13.7. The number of hydrogen-bond acceptors (Lipinski definition) is 4. The molecule has 0 spiro atoms. The number of nitrogens with zero attached hydrogens (tertiary/aromatic N) is 3. The smallest absolute Gasteiger partial charge is 0.161 e. The summed E-state index contributed by atoms with van der Waals surface area (Å²) in [7, 11) is 0. The Morgan fingerprint density at radius 1 is 0.431 bits per heavy atom. The van der Waals surface area contributed by atoms with E-state index in [4.69, 9.17) is 18.8 Å². The van der Waals surface area contributed by atoms with Crippen LogP contribution in [0, 0.1) is 0 Å². The lowest BCUT2D eigenvalue weighted by molar-refractivity contribution is 0.666. The third-order valence-electron chi connectivity index (χ3n) is 11.3. The maximum Gasteiger partial charge on any atom is 0.161 e. The van der Waals surface area contributed by atoms with E-state index in [0.717, 1.165) is 105 Å². The minimum absolute atomic E-state index is 0.615. The largest absolute Gasteiger partial charge is 0.455 e. The van der Waals surface area contributed by atoms with Gasteiger partial charge < -0.3 is 13.4 Å². The molecule has 8 aromatic carbocycles. The minimum Gasteiger partial charge on any atom is -0.455 e. The van der Waals surface area contributed by atoms with Crippen LogP contribution >= 0.6 is 0 Å². The summed E-state index contributed by atoms with van der Waals surface area (Å²) >= 11 is 0. The van der Waals surface area contributed by atoms with Crippen molar-refractivity contribution in [2.75, 3.05) is 0 Å². The van der Waals surface area contributed by atoms with Crippen LogP contribution in [0.25, 0.3) is 88.2 Å². The van der Waals surface area contributed by atoms with E-state index in [2.05, 4.69) is 132 Å². The number of allylic oxidation sites excluding steroid dienone is 1. The van der Waals surface area contributed by atoms with E-state index < -0.39 is 0 Å². The number of amidine groups is 1. The van der Waals surface area contributed by atoms with Crippen LogP contribution in [0.3, 0.4) is 0 Å². The Balaban J connectivity index is 1.07. The van der Waals surface area contributed by atoms with E-state index in [1.54, 1.807) is 0 Å². The van der Waals surface area contributed by atoms with Crippen molar-refractivity contribution in [3.63, 3.8) is 0 Å². The molecule has 0 radical (unpaired) electrons. The number of fused-ring (bicyclic) bond motifs is 10. The zero-order chi connectivity index (χ0) is 38.2. The molecule has 58 heavy (non-hydrogen) atoms. The number of aliphatic imine (C=N–C) groups is 2. The average molecular weight is 742 g/mol. The number of aromatic nitrogens is 1. The van der Waals surface area contributed by atoms with Gasteiger partial charge in [-0.1, -0.05) is 145 Å². The van der Waals surface area contributed by atoms with Crippen LogP contribution in [-0.4, -0.2) is 16.1 Å². The molecule has 4 heterocycles. The van der Waals surface area contributed by atoms with Gasteiger partial charge in [-0.2, -0.15) is 0 Å². The van der Waals surface area contributed by atoms with E-state index in [1.165, 1.54) is 0 Å². The lowest BCUT2D eigenvalue weighted by Crippen LogP contribution is -2.04. The van der Waals surface area contributed by atoms with Gasteiger partial charge in [-0.25, -0.2) is 9.98 Å². The maximum atomic E-state index is 6.89. The second-order valence-corrected chi connectivity index (χ2v) is 14.6. The highest BCUT2D eigenvalue weighted by molar-refractivity contribution is 6.25. The average Bonchev–Trinajstić information content (AvgIpc) is 3.91. The lowest BCUT2D eigenvalue weighted by Gasteiger charge is -2.09. The predicted molar refractivity (Wildman–Crippen MR) is 238 cm³/mol. The summed E-state index contributed by atoms with van der Waals surface area (Å²) in [6, 6.07) is 62.8. The number of rotatable bonds is 5. The van der Waals surface area contributed by atoms with Crippen LogP contribution in [0.2, 0.25) is 0 Å². The fourth-order valence-electron chi connectivity index (χ4n) is 8.64. The fraction of sp³-hybridized carbons (Fsp3) is 0. The van der Waals surface area contributed by atoms with E-state index in [1.807, 2.05) is 66.7 Å². The molecular formula is C53H31N3O2. The first-order valence-corrected chi connectivity index (χ1v) is 19.4. The molecule has 0 saturated carbocycles. The van der Waals surface area contributed by atoms with Crippen molar-refractivity contribution in [2.45, 2.75) is 0 Å². The van der Waals surface area contributed by atoms with E-state index in [-0.39, 0.29) is 0 Å². The SMILES string of the molecule is C1=CC(c2cccc(-c3ccccc3)c2)=NC(c2ccccc2)=NC=1c1cccc2oc3c(-n4c5ccccc5c5c6oc7ccccc7c6ccc54)cccc3c12. The summed E-state index contributed by atoms with van der Waals surface area (Å²) in [6.45, 7) is 0. The molecule has 11 aromatic rings. The van der Waals surface area contributed by atoms with Crippen molar-refractivity contribution in [1.82, 2.24) is 4.57 Å². The minimum atomic E-state index is 0.615. The quantitative estimate of drug-likeness (QED) is 0.165. The van der Waals surface area contributed by atoms with Crippen LogP contribution in [0.4, 0.5) is 0 Å². The highest BCUT2D eigenvalue weighted by atomic mass is 16.3. The standard InChI is InChI=1S/C53H31N3O2/c1-3-14-33(15-4-1)35-18-11-19-36(32-35)42-29-30-43(55-53(54-42)34-16-5-2-6-17-34)39-22-13-27-48-49(39)41-23-12-25-46(51(41)58-48)56-44-24-9-7-21-40(44)50-45(56)31-28-38-37-20-8-10-26-47(37)57-52(38)50/h1-29,31-32H. The highest BCUT2D eigenvalue weighted by Gasteiger charge is 2.23. The number of para-hydroxylation sites is 3. The lowest BCUT2D eigenvalue weighted by atomic mass is 10.0. The van der Waals surface area contributed by atoms with Gasteiger partial charge in [0.15, 0.2) is 11.4 Å². The molecule has 0 unspecified atom stereocenters. The molecule has 0 amide bonds. The van der Waals surface area contributed by atoms with Crippen LogP contribution < -0.4 is 0 Å². The topological polar surface area (TPSA) is 55.9 Å². The van der Waals surface area contributed by atoms with E-state index in [0.29, 0.717) is 11.5 Å². The Kier molecular flexibility index (Phi) is 7.12. The van der Waals surface area contributed by atoms with Crippen molar-refractivity contribution < 1.29 is 8.83 Å². The normalized spacial score (nSPS) is 13.1. The third-order valence-corrected chi connectivity index (χ3v) is 11.3. The molecular weight excluding hydrogens is 711 g/mol. The highest BCUT2D eigenvalue weighted by Crippen LogP contribution is 2.43. The molecule has 1 aliphatic heterocycles. The molecule has 0 atom stereocenters. The Hall–Kier alpha value is -7.98. The zero-order valence-electron chi connectivity index (χ0n) is 31.1. The van der Waals surface area contributed by atoms with E-state index in [9.17, 15) is 0 Å². The van der Waals surface area contributed by atoms with Gasteiger partial charge in [-0.05, 0) is 53.6 Å². The van der Waals surface area contributed by atoms with Crippen LogP contribution in [0.5, 0.6) is 0 Å². The first-order chi connectivity index (χ1) is 28.8. The van der Waals surface area contributed by atoms with Gasteiger partial charge in [0.2, 0.25) is 0 Å². The Bertz CT molecular complexity index is 3590. The summed E-state index contributed by atoms with van der Waals surface area (Å²) in [5, 5.41) is 6.39. The molecule has 0 bridgehead atoms. The number of benzene rings is 8. The van der Waals surface area contributed by atoms with Crippen molar-refractivity contribution in [3.05, 3.63) is 210 Å². The monoisotopic (exact) mass is 741 g/mol. The molecule has 12 rings (SSSR count). The summed E-state index contributed by atoms with van der Waals surface area (Å²) in [4.78, 5) is 10.4. The fourth-order valence-corrected chi connectivity index (χ4v) is 8.64. The van der Waals surface area contributed by atoms with Crippen LogP contribution in [0.1, 0.15) is 16.7 Å². The molecule has 5 heteroatoms. The Morgan fingerprint density at radius 3 is 1.98 bits per heavy atom. The van der Waals surface area contributed by atoms with Gasteiger partial charge in [-0.3, -0.25) is 0 Å². The number of hydrogen-bond donors (Lipinski definition) is 0. The van der Waals surface area contributed by atoms with Crippen LogP contribution in [0.15, 0.2) is 213 Å². The van der Waals surface area contributed by atoms with Gasteiger partial charge >= 0.3 is 0 Å². The van der Waals surface area contributed by atoms with Gasteiger partial charge in [0.25, 0.3) is 0 Å². The molecule has 3 aromatic heterocycles. The first kappa shape index (κ1) is 32.3. The van der Waals surface area contributed by atoms with Gasteiger partial charge in [0, 0.05) is 49.7 Å². The van der Waals surface area contributed by atoms with Crippen molar-refractivity contribution in [2.24, 2.45) is 9.98 Å². The van der Waals surface area contributed by atoms with Gasteiger partial charge in [-0.15, -0.1) is 0 Å². The third kappa shape index (κ3) is 4.98. The zero-order valence-corrected chi connectivity index (χ0v) is 31.1. The molecule has 0 saturated heterocycles. The summed E-state index contributed by atoms with van der Waals surface area (Å²) in [6.07, 6.45) is 1.96. The molecule has 0 N–H and O–H groups in total. The Labute approximate surface area is 332 Å². The van der Waals surface area contributed by atoms with Gasteiger partial charge in [0.1, 0.15) is 22.4 Å². The van der Waals surface area contributed by atoms with Crippen molar-refractivity contribution in [1.29, 1.82) is 0 Å². The van der Waals surface area contributed by atoms with Crippen molar-refractivity contribution >= 4 is 82.9 Å². The second-order valence-electron chi connectivity index (χ2n) is 14.6. The molecule has 0 fully saturated rings. The molecule has 270 valence electrons. The van der Waals surface area contributed by atoms with Gasteiger partial charge in [0.05, 0.1) is 27.8 Å². The number of furan rings is 2.